The van der Waals surface area contributed by atoms with Crippen LogP contribution in [-0.2, 0) is 9.53 Å². The molecule has 0 aromatic heterocycles. The zero-order chi connectivity index (χ0) is 20.8. The maximum absolute atomic E-state index is 12.5. The number of ether oxygens (including phenoxy) is 1. The zero-order valence-electron chi connectivity index (χ0n) is 18.1. The van der Waals surface area contributed by atoms with Gasteiger partial charge in [-0.05, 0) is 55.6 Å². The van der Waals surface area contributed by atoms with Crippen LogP contribution in [0.1, 0.15) is 63.2 Å². The number of carbonyl (C=O) groups is 2. The number of piperidine rings is 1. The SMILES string of the molecule is CC(C)[C@@H]1CC[C@H](C)C[C@@H]1OCC(=O)NC1CCN(C(=O)c2ccccc2)CC1. The first-order valence-electron chi connectivity index (χ1n) is 11.2. The molecule has 3 rings (SSSR count). The third-order valence-electron chi connectivity index (χ3n) is 6.56. The fraction of sp³-hybridized carbons (Fsp3) is 0.667. The molecule has 0 radical (unpaired) electrons. The summed E-state index contributed by atoms with van der Waals surface area (Å²) in [5, 5.41) is 3.11. The minimum Gasteiger partial charge on any atom is -0.368 e. The lowest BCUT2D eigenvalue weighted by molar-refractivity contribution is -0.132. The Bertz CT molecular complexity index is 668. The first-order valence-corrected chi connectivity index (χ1v) is 11.2. The van der Waals surface area contributed by atoms with Gasteiger partial charge < -0.3 is 15.0 Å². The topological polar surface area (TPSA) is 58.6 Å². The van der Waals surface area contributed by atoms with Gasteiger partial charge in [0.1, 0.15) is 6.61 Å². The van der Waals surface area contributed by atoms with Crippen molar-refractivity contribution in [3.05, 3.63) is 35.9 Å². The predicted molar refractivity (Wildman–Crippen MR) is 115 cm³/mol. The second-order valence-electron chi connectivity index (χ2n) is 9.18. The van der Waals surface area contributed by atoms with Crippen LogP contribution in [0.25, 0.3) is 0 Å². The summed E-state index contributed by atoms with van der Waals surface area (Å²) >= 11 is 0. The first-order chi connectivity index (χ1) is 13.9. The highest BCUT2D eigenvalue weighted by Crippen LogP contribution is 2.35. The molecule has 1 saturated carbocycles. The molecule has 2 amide bonds. The molecule has 0 bridgehead atoms. The standard InChI is InChI=1S/C24H36N2O3/c1-17(2)21-10-9-18(3)15-22(21)29-16-23(27)25-20-11-13-26(14-12-20)24(28)19-7-5-4-6-8-19/h4-8,17-18,20-22H,9-16H2,1-3H3,(H,25,27)/t18-,21-,22-/m0/s1. The molecule has 0 spiro atoms. The van der Waals surface area contributed by atoms with Gasteiger partial charge in [0.15, 0.2) is 0 Å². The van der Waals surface area contributed by atoms with E-state index in [9.17, 15) is 9.59 Å². The maximum Gasteiger partial charge on any atom is 0.253 e. The quantitative estimate of drug-likeness (QED) is 0.788. The van der Waals surface area contributed by atoms with Crippen LogP contribution in [0.15, 0.2) is 30.3 Å². The minimum absolute atomic E-state index is 0.0291. The third-order valence-corrected chi connectivity index (χ3v) is 6.56. The van der Waals surface area contributed by atoms with Gasteiger partial charge in [0.25, 0.3) is 5.91 Å². The van der Waals surface area contributed by atoms with E-state index in [4.69, 9.17) is 4.74 Å². The molecule has 1 saturated heterocycles. The molecule has 1 aliphatic carbocycles. The van der Waals surface area contributed by atoms with Crippen LogP contribution in [0.2, 0.25) is 0 Å². The zero-order valence-corrected chi connectivity index (χ0v) is 18.1. The highest BCUT2D eigenvalue weighted by molar-refractivity contribution is 5.94. The summed E-state index contributed by atoms with van der Waals surface area (Å²) < 4.78 is 6.07. The van der Waals surface area contributed by atoms with E-state index in [1.165, 1.54) is 12.8 Å². The highest BCUT2D eigenvalue weighted by Gasteiger charge is 2.32. The molecular formula is C24H36N2O3. The van der Waals surface area contributed by atoms with E-state index in [1.807, 2.05) is 35.2 Å². The Morgan fingerprint density at radius 3 is 2.45 bits per heavy atom. The molecule has 29 heavy (non-hydrogen) atoms. The van der Waals surface area contributed by atoms with E-state index in [0.717, 1.165) is 24.8 Å². The number of hydrogen-bond acceptors (Lipinski definition) is 3. The Labute approximate surface area is 175 Å². The Morgan fingerprint density at radius 1 is 1.10 bits per heavy atom. The maximum atomic E-state index is 12.5. The molecule has 1 aliphatic heterocycles. The summed E-state index contributed by atoms with van der Waals surface area (Å²) in [6.07, 6.45) is 5.28. The number of rotatable bonds is 6. The van der Waals surface area contributed by atoms with Crippen LogP contribution in [0.4, 0.5) is 0 Å². The monoisotopic (exact) mass is 400 g/mol. The second kappa shape index (κ2) is 10.2. The Morgan fingerprint density at radius 2 is 1.79 bits per heavy atom. The lowest BCUT2D eigenvalue weighted by atomic mass is 9.75. The summed E-state index contributed by atoms with van der Waals surface area (Å²) in [7, 11) is 0. The first kappa shape index (κ1) is 21.8. The van der Waals surface area contributed by atoms with E-state index in [-0.39, 0.29) is 30.6 Å². The molecule has 0 unspecified atom stereocenters. The van der Waals surface area contributed by atoms with Crippen LogP contribution in [0, 0.1) is 17.8 Å². The second-order valence-corrected chi connectivity index (χ2v) is 9.18. The number of carbonyl (C=O) groups excluding carboxylic acids is 2. The van der Waals surface area contributed by atoms with Crippen LogP contribution < -0.4 is 5.32 Å². The molecular weight excluding hydrogens is 364 g/mol. The number of hydrogen-bond donors (Lipinski definition) is 1. The van der Waals surface area contributed by atoms with Crippen molar-refractivity contribution in [3.63, 3.8) is 0 Å². The van der Waals surface area contributed by atoms with Crippen molar-refractivity contribution in [2.45, 2.75) is 65.0 Å². The third kappa shape index (κ3) is 6.05. The summed E-state index contributed by atoms with van der Waals surface area (Å²) in [5.74, 6) is 1.85. The fourth-order valence-corrected chi connectivity index (χ4v) is 4.75. The minimum atomic E-state index is -0.0291. The van der Waals surface area contributed by atoms with Crippen molar-refractivity contribution in [2.75, 3.05) is 19.7 Å². The largest absolute Gasteiger partial charge is 0.368 e. The lowest BCUT2D eigenvalue weighted by Gasteiger charge is -2.37. The van der Waals surface area contributed by atoms with Gasteiger partial charge in [0.05, 0.1) is 6.10 Å². The van der Waals surface area contributed by atoms with Gasteiger partial charge in [-0.1, -0.05) is 45.4 Å². The molecule has 1 heterocycles. The van der Waals surface area contributed by atoms with Crippen LogP contribution in [-0.4, -0.2) is 48.6 Å². The summed E-state index contributed by atoms with van der Waals surface area (Å²) in [4.78, 5) is 26.8. The van der Waals surface area contributed by atoms with Gasteiger partial charge in [0.2, 0.25) is 5.91 Å². The Hall–Kier alpha value is -1.88. The average molecular weight is 401 g/mol. The molecule has 3 atom stereocenters. The van der Waals surface area contributed by atoms with E-state index in [2.05, 4.69) is 26.1 Å². The van der Waals surface area contributed by atoms with Crippen molar-refractivity contribution >= 4 is 11.8 Å². The van der Waals surface area contributed by atoms with Crippen molar-refractivity contribution in [1.82, 2.24) is 10.2 Å². The van der Waals surface area contributed by atoms with Crippen molar-refractivity contribution in [1.29, 1.82) is 0 Å². The number of benzene rings is 1. The van der Waals surface area contributed by atoms with Gasteiger partial charge in [-0.2, -0.15) is 0 Å². The highest BCUT2D eigenvalue weighted by atomic mass is 16.5. The summed E-state index contributed by atoms with van der Waals surface area (Å²) in [6.45, 7) is 8.27. The van der Waals surface area contributed by atoms with Crippen LogP contribution >= 0.6 is 0 Å². The molecule has 5 nitrogen and oxygen atoms in total. The van der Waals surface area contributed by atoms with Gasteiger partial charge in [-0.3, -0.25) is 9.59 Å². The molecule has 2 fully saturated rings. The lowest BCUT2D eigenvalue weighted by Crippen LogP contribution is -2.47. The van der Waals surface area contributed by atoms with Gasteiger partial charge in [0, 0.05) is 24.7 Å². The van der Waals surface area contributed by atoms with E-state index < -0.39 is 0 Å². The number of amides is 2. The molecule has 5 heteroatoms. The van der Waals surface area contributed by atoms with E-state index >= 15 is 0 Å². The fourth-order valence-electron chi connectivity index (χ4n) is 4.75. The normalized spacial score (nSPS) is 25.8. The van der Waals surface area contributed by atoms with Crippen LogP contribution in [0.3, 0.4) is 0 Å². The van der Waals surface area contributed by atoms with Gasteiger partial charge >= 0.3 is 0 Å². The molecule has 1 N–H and O–H groups in total. The molecule has 1 aromatic rings. The smallest absolute Gasteiger partial charge is 0.253 e. The molecule has 2 aliphatic rings. The molecule has 160 valence electrons. The average Bonchev–Trinajstić information content (AvgIpc) is 2.73. The van der Waals surface area contributed by atoms with E-state index in [0.29, 0.717) is 30.8 Å². The van der Waals surface area contributed by atoms with Crippen LogP contribution in [0.5, 0.6) is 0 Å². The Balaban J connectivity index is 1.41. The summed E-state index contributed by atoms with van der Waals surface area (Å²) in [6, 6.07) is 9.51. The number of nitrogens with one attached hydrogen (secondary N) is 1. The van der Waals surface area contributed by atoms with Gasteiger partial charge in [-0.15, -0.1) is 0 Å². The van der Waals surface area contributed by atoms with Crippen molar-refractivity contribution < 1.29 is 14.3 Å². The van der Waals surface area contributed by atoms with Crippen molar-refractivity contribution in [2.24, 2.45) is 17.8 Å². The predicted octanol–water partition coefficient (Wildman–Crippen LogP) is 3.88. The van der Waals surface area contributed by atoms with Gasteiger partial charge in [-0.25, -0.2) is 0 Å². The summed E-state index contributed by atoms with van der Waals surface area (Å²) in [5.41, 5.74) is 0.727. The number of nitrogens with zero attached hydrogens (tertiary/aromatic N) is 1. The van der Waals surface area contributed by atoms with E-state index in [1.54, 1.807) is 0 Å². The Kier molecular flexibility index (Phi) is 7.70. The van der Waals surface area contributed by atoms with Crippen molar-refractivity contribution in [3.8, 4) is 0 Å². The molecule has 1 aromatic carbocycles. The number of likely N-dealkylation sites (tertiary alicyclic amines) is 1.